The number of nitro groups is 1. The van der Waals surface area contributed by atoms with Gasteiger partial charge in [0.25, 0.3) is 5.69 Å². The largest absolute Gasteiger partial charge is 0.454 e. The molecule has 0 fully saturated rings. The van der Waals surface area contributed by atoms with Crippen molar-refractivity contribution in [3.05, 3.63) is 69.8 Å². The lowest BCUT2D eigenvalue weighted by atomic mass is 9.93. The summed E-state index contributed by atoms with van der Waals surface area (Å²) in [5.74, 6) is 1.03. The van der Waals surface area contributed by atoms with E-state index in [9.17, 15) is 14.9 Å². The Hall–Kier alpha value is -3.35. The number of carbonyl (C=O) groups excluding carboxylic acids is 1. The molecular weight excluding hydrogens is 336 g/mol. The average molecular weight is 354 g/mol. The maximum Gasteiger partial charge on any atom is 0.270 e. The van der Waals surface area contributed by atoms with Crippen LogP contribution in [-0.2, 0) is 10.3 Å². The van der Waals surface area contributed by atoms with Gasteiger partial charge in [-0.15, -0.1) is 0 Å². The highest BCUT2D eigenvalue weighted by Crippen LogP contribution is 2.35. The molecule has 0 spiro atoms. The molecule has 1 aliphatic rings. The molecule has 2 aromatic rings. The number of fused-ring (bicyclic) bond motifs is 1. The molecule has 1 N–H and O–H groups in total. The molecule has 3 rings (SSSR count). The Balaban J connectivity index is 1.70. The molecule has 0 atom stereocenters. The predicted octanol–water partition coefficient (Wildman–Crippen LogP) is 3.39. The van der Waals surface area contributed by atoms with E-state index in [1.54, 1.807) is 12.1 Å². The van der Waals surface area contributed by atoms with Gasteiger partial charge < -0.3 is 14.8 Å². The number of ether oxygens (including phenoxy) is 2. The summed E-state index contributed by atoms with van der Waals surface area (Å²) in [4.78, 5) is 22.6. The standard InChI is InChI=1S/C19H18N2O5/c1-19(2,14-7-8-16-17(11-14)26-12-25-16)20-18(22)9-6-13-4-3-5-15(10-13)21(23)24/h3-11H,12H2,1-2H3,(H,20,22)/b9-6+. The van der Waals surface area contributed by atoms with Crippen LogP contribution in [0.1, 0.15) is 25.0 Å². The van der Waals surface area contributed by atoms with E-state index < -0.39 is 10.5 Å². The third-order valence-corrected chi connectivity index (χ3v) is 4.04. The second-order valence-corrected chi connectivity index (χ2v) is 6.37. The Morgan fingerprint density at radius 1 is 1.19 bits per heavy atom. The molecule has 26 heavy (non-hydrogen) atoms. The van der Waals surface area contributed by atoms with Crippen LogP contribution in [0, 0.1) is 10.1 Å². The van der Waals surface area contributed by atoms with Crippen molar-refractivity contribution in [2.24, 2.45) is 0 Å². The van der Waals surface area contributed by atoms with Crippen molar-refractivity contribution < 1.29 is 19.2 Å². The van der Waals surface area contributed by atoms with Gasteiger partial charge in [-0.1, -0.05) is 18.2 Å². The Bertz CT molecular complexity index is 889. The molecule has 0 saturated heterocycles. The first-order valence-corrected chi connectivity index (χ1v) is 8.00. The SMILES string of the molecule is CC(C)(NC(=O)/C=C/c1cccc([N+](=O)[O-])c1)c1ccc2c(c1)OCO2. The minimum absolute atomic E-state index is 0.0201. The summed E-state index contributed by atoms with van der Waals surface area (Å²) in [6, 6.07) is 11.6. The second kappa shape index (κ2) is 6.87. The number of rotatable bonds is 5. The minimum Gasteiger partial charge on any atom is -0.454 e. The van der Waals surface area contributed by atoms with Gasteiger partial charge >= 0.3 is 0 Å². The van der Waals surface area contributed by atoms with Crippen LogP contribution in [0.15, 0.2) is 48.5 Å². The minimum atomic E-state index is -0.634. The fraction of sp³-hybridized carbons (Fsp3) is 0.211. The lowest BCUT2D eigenvalue weighted by Gasteiger charge is -2.26. The van der Waals surface area contributed by atoms with Crippen LogP contribution in [0.3, 0.4) is 0 Å². The predicted molar refractivity (Wildman–Crippen MR) is 95.9 cm³/mol. The number of non-ortho nitro benzene ring substituents is 1. The monoisotopic (exact) mass is 354 g/mol. The van der Waals surface area contributed by atoms with E-state index in [1.807, 2.05) is 32.0 Å². The molecule has 0 aromatic heterocycles. The van der Waals surface area contributed by atoms with Gasteiger partial charge in [0.2, 0.25) is 12.7 Å². The maximum absolute atomic E-state index is 12.3. The van der Waals surface area contributed by atoms with Crippen molar-refractivity contribution >= 4 is 17.7 Å². The summed E-state index contributed by atoms with van der Waals surface area (Å²) in [6.45, 7) is 3.95. The normalized spacial score (nSPS) is 13.0. The molecule has 1 amide bonds. The van der Waals surface area contributed by atoms with Crippen LogP contribution < -0.4 is 14.8 Å². The van der Waals surface area contributed by atoms with E-state index in [2.05, 4.69) is 5.32 Å². The number of hydrogen-bond acceptors (Lipinski definition) is 5. The molecule has 1 aliphatic heterocycles. The number of amides is 1. The van der Waals surface area contributed by atoms with Gasteiger partial charge in [0.15, 0.2) is 11.5 Å². The highest BCUT2D eigenvalue weighted by atomic mass is 16.7. The summed E-state index contributed by atoms with van der Waals surface area (Å²) in [5.41, 5.74) is 0.799. The Morgan fingerprint density at radius 2 is 1.96 bits per heavy atom. The first-order chi connectivity index (χ1) is 12.3. The summed E-state index contributed by atoms with van der Waals surface area (Å²) in [6.07, 6.45) is 2.89. The fourth-order valence-electron chi connectivity index (χ4n) is 2.62. The second-order valence-electron chi connectivity index (χ2n) is 6.37. The zero-order valence-electron chi connectivity index (χ0n) is 14.4. The van der Waals surface area contributed by atoms with Crippen molar-refractivity contribution in [1.29, 1.82) is 0 Å². The molecular formula is C19H18N2O5. The summed E-state index contributed by atoms with van der Waals surface area (Å²) in [5, 5.41) is 13.7. The average Bonchev–Trinajstić information content (AvgIpc) is 3.07. The zero-order valence-corrected chi connectivity index (χ0v) is 14.4. The molecule has 0 aliphatic carbocycles. The Morgan fingerprint density at radius 3 is 2.73 bits per heavy atom. The zero-order chi connectivity index (χ0) is 18.7. The van der Waals surface area contributed by atoms with Crippen LogP contribution in [0.2, 0.25) is 0 Å². The topological polar surface area (TPSA) is 90.7 Å². The van der Waals surface area contributed by atoms with E-state index in [0.29, 0.717) is 17.1 Å². The number of nitrogens with zero attached hydrogens (tertiary/aromatic N) is 1. The van der Waals surface area contributed by atoms with Crippen molar-refractivity contribution in [2.75, 3.05) is 6.79 Å². The van der Waals surface area contributed by atoms with E-state index in [-0.39, 0.29) is 18.4 Å². The van der Waals surface area contributed by atoms with E-state index in [0.717, 1.165) is 5.56 Å². The molecule has 2 aromatic carbocycles. The summed E-state index contributed by atoms with van der Waals surface area (Å²) < 4.78 is 10.7. The maximum atomic E-state index is 12.3. The lowest BCUT2D eigenvalue weighted by Crippen LogP contribution is -2.40. The van der Waals surface area contributed by atoms with Crippen molar-refractivity contribution in [1.82, 2.24) is 5.32 Å². The van der Waals surface area contributed by atoms with Gasteiger partial charge in [-0.3, -0.25) is 14.9 Å². The third-order valence-electron chi connectivity index (χ3n) is 4.04. The lowest BCUT2D eigenvalue weighted by molar-refractivity contribution is -0.384. The molecule has 7 nitrogen and oxygen atoms in total. The number of nitro benzene ring substituents is 1. The van der Waals surface area contributed by atoms with Crippen LogP contribution in [0.4, 0.5) is 5.69 Å². The fourth-order valence-corrected chi connectivity index (χ4v) is 2.62. The van der Waals surface area contributed by atoms with Gasteiger partial charge in [-0.25, -0.2) is 0 Å². The number of carbonyl (C=O) groups is 1. The van der Waals surface area contributed by atoms with Crippen molar-refractivity contribution in [3.8, 4) is 11.5 Å². The highest BCUT2D eigenvalue weighted by Gasteiger charge is 2.25. The Labute approximate surface area is 150 Å². The quantitative estimate of drug-likeness (QED) is 0.505. The van der Waals surface area contributed by atoms with Gasteiger partial charge in [0.05, 0.1) is 10.5 Å². The van der Waals surface area contributed by atoms with Gasteiger partial charge in [-0.2, -0.15) is 0 Å². The molecule has 0 saturated carbocycles. The van der Waals surface area contributed by atoms with Gasteiger partial charge in [0.1, 0.15) is 0 Å². The molecule has 1 heterocycles. The van der Waals surface area contributed by atoms with Crippen LogP contribution in [0.5, 0.6) is 11.5 Å². The molecule has 0 radical (unpaired) electrons. The molecule has 0 bridgehead atoms. The van der Waals surface area contributed by atoms with Crippen LogP contribution >= 0.6 is 0 Å². The first-order valence-electron chi connectivity index (χ1n) is 8.00. The van der Waals surface area contributed by atoms with Crippen LogP contribution in [-0.4, -0.2) is 17.6 Å². The molecule has 0 unspecified atom stereocenters. The van der Waals surface area contributed by atoms with Gasteiger partial charge in [0, 0.05) is 18.2 Å². The highest BCUT2D eigenvalue weighted by molar-refractivity contribution is 5.92. The number of nitrogens with one attached hydrogen (secondary N) is 1. The third kappa shape index (κ3) is 3.83. The van der Waals surface area contributed by atoms with Crippen LogP contribution in [0.25, 0.3) is 6.08 Å². The van der Waals surface area contributed by atoms with E-state index in [4.69, 9.17) is 9.47 Å². The number of hydrogen-bond donors (Lipinski definition) is 1. The molecule has 134 valence electrons. The first kappa shape index (κ1) is 17.5. The van der Waals surface area contributed by atoms with E-state index >= 15 is 0 Å². The van der Waals surface area contributed by atoms with Gasteiger partial charge in [-0.05, 0) is 43.2 Å². The number of benzene rings is 2. The summed E-state index contributed by atoms with van der Waals surface area (Å²) >= 11 is 0. The Kier molecular flexibility index (Phi) is 4.62. The smallest absolute Gasteiger partial charge is 0.270 e. The van der Waals surface area contributed by atoms with Crippen molar-refractivity contribution in [2.45, 2.75) is 19.4 Å². The van der Waals surface area contributed by atoms with Crippen molar-refractivity contribution in [3.63, 3.8) is 0 Å². The van der Waals surface area contributed by atoms with E-state index in [1.165, 1.54) is 24.3 Å². The summed E-state index contributed by atoms with van der Waals surface area (Å²) in [7, 11) is 0. The molecule has 7 heteroatoms.